The van der Waals surface area contributed by atoms with Crippen LogP contribution in [0.1, 0.15) is 42.5 Å². The van der Waals surface area contributed by atoms with Crippen LogP contribution in [-0.4, -0.2) is 45.7 Å². The predicted molar refractivity (Wildman–Crippen MR) is 132 cm³/mol. The van der Waals surface area contributed by atoms with Gasteiger partial charge in [0.25, 0.3) is 5.56 Å². The first-order chi connectivity index (χ1) is 17.6. The molecule has 1 amide bonds. The minimum absolute atomic E-state index is 0.0402. The number of esters is 2. The molecule has 4 heterocycles. The summed E-state index contributed by atoms with van der Waals surface area (Å²) in [4.78, 5) is 54.6. The lowest BCUT2D eigenvalue weighted by Gasteiger charge is -2.31. The van der Waals surface area contributed by atoms with E-state index in [4.69, 9.17) is 20.2 Å². The summed E-state index contributed by atoms with van der Waals surface area (Å²) in [5.74, 6) is -1.78. The van der Waals surface area contributed by atoms with E-state index in [0.29, 0.717) is 33.5 Å². The number of amides is 1. The number of nitrogen functional groups attached to an aromatic ring is 1. The van der Waals surface area contributed by atoms with Crippen molar-refractivity contribution in [3.63, 3.8) is 0 Å². The lowest BCUT2D eigenvalue weighted by atomic mass is 9.86. The number of ether oxygens (including phenoxy) is 2. The van der Waals surface area contributed by atoms with Gasteiger partial charge in [0.2, 0.25) is 5.91 Å². The number of nitrogens with two attached hydrogens (primary N) is 1. The number of rotatable bonds is 5. The predicted octanol–water partition coefficient (Wildman–Crippen LogP) is 0.882. The highest BCUT2D eigenvalue weighted by Crippen LogP contribution is 2.39. The number of aliphatic hydroxyl groups is 1. The van der Waals surface area contributed by atoms with Crippen LogP contribution < -0.4 is 16.6 Å². The first-order valence-corrected chi connectivity index (χ1v) is 11.8. The minimum atomic E-state index is -1.93. The van der Waals surface area contributed by atoms with E-state index in [-0.39, 0.29) is 48.6 Å². The number of pyridine rings is 2. The molecule has 192 valence electrons. The highest BCUT2D eigenvalue weighted by Gasteiger charge is 2.45. The molecule has 1 aromatic carbocycles. The van der Waals surface area contributed by atoms with Crippen LogP contribution in [0.3, 0.4) is 0 Å². The summed E-state index contributed by atoms with van der Waals surface area (Å²) in [6, 6.07) is 5.98. The third-order valence-corrected chi connectivity index (χ3v) is 7.08. The Kier molecular flexibility index (Phi) is 5.75. The number of hydrogen-bond acceptors (Lipinski definition) is 9. The van der Waals surface area contributed by atoms with Crippen LogP contribution in [0.4, 0.5) is 5.69 Å². The molecule has 2 aliphatic heterocycles. The lowest BCUT2D eigenvalue weighted by molar-refractivity contribution is -0.172. The van der Waals surface area contributed by atoms with Gasteiger partial charge < -0.3 is 30.2 Å². The van der Waals surface area contributed by atoms with Crippen LogP contribution in [0.5, 0.6) is 0 Å². The van der Waals surface area contributed by atoms with Crippen LogP contribution in [0.15, 0.2) is 29.1 Å². The number of carbonyl (C=O) groups is 3. The zero-order chi connectivity index (χ0) is 26.6. The maximum Gasteiger partial charge on any atom is 0.343 e. The molecule has 5 rings (SSSR count). The Morgan fingerprint density at radius 2 is 2.08 bits per heavy atom. The zero-order valence-corrected chi connectivity index (χ0v) is 20.6. The van der Waals surface area contributed by atoms with E-state index in [9.17, 15) is 24.3 Å². The number of carbonyl (C=O) groups excluding carboxylic acids is 3. The molecular formula is C26H26N4O7. The van der Waals surface area contributed by atoms with Gasteiger partial charge in [-0.3, -0.25) is 9.59 Å². The van der Waals surface area contributed by atoms with Crippen molar-refractivity contribution in [1.82, 2.24) is 14.9 Å². The number of fused-ring (bicyclic) bond motifs is 5. The average molecular weight is 507 g/mol. The number of cyclic esters (lactones) is 1. The Morgan fingerprint density at radius 3 is 2.76 bits per heavy atom. The van der Waals surface area contributed by atoms with Gasteiger partial charge in [-0.2, -0.15) is 0 Å². The highest BCUT2D eigenvalue weighted by molar-refractivity contribution is 5.96. The van der Waals surface area contributed by atoms with Crippen LogP contribution in [-0.2, 0) is 49.0 Å². The molecule has 11 nitrogen and oxygen atoms in total. The van der Waals surface area contributed by atoms with Crippen LogP contribution in [0, 0.1) is 0 Å². The Balaban J connectivity index is 1.69. The molecule has 2 aromatic heterocycles. The Bertz CT molecular complexity index is 1560. The van der Waals surface area contributed by atoms with E-state index >= 15 is 0 Å². The number of nitrogens with one attached hydrogen (secondary N) is 1. The number of anilines is 1. The zero-order valence-electron chi connectivity index (χ0n) is 20.6. The summed E-state index contributed by atoms with van der Waals surface area (Å²) in [5.41, 5.74) is 7.75. The van der Waals surface area contributed by atoms with Crippen molar-refractivity contribution in [2.24, 2.45) is 0 Å². The normalized spacial score (nSPS) is 18.4. The van der Waals surface area contributed by atoms with Gasteiger partial charge in [-0.05, 0) is 30.2 Å². The van der Waals surface area contributed by atoms with Crippen molar-refractivity contribution in [2.45, 2.75) is 51.5 Å². The molecule has 0 saturated carbocycles. The molecule has 0 bridgehead atoms. The molecule has 4 N–H and O–H groups in total. The quantitative estimate of drug-likeness (QED) is 0.263. The Morgan fingerprint density at radius 1 is 1.32 bits per heavy atom. The fourth-order valence-corrected chi connectivity index (χ4v) is 5.11. The monoisotopic (exact) mass is 506 g/mol. The van der Waals surface area contributed by atoms with Gasteiger partial charge in [-0.25, -0.2) is 14.6 Å². The van der Waals surface area contributed by atoms with E-state index in [2.05, 4.69) is 5.32 Å². The Labute approximate surface area is 211 Å². The Hall–Kier alpha value is -4.25. The number of hydrogen-bond donors (Lipinski definition) is 3. The van der Waals surface area contributed by atoms with Crippen molar-refractivity contribution in [2.75, 3.05) is 12.8 Å². The number of nitrogens with zero attached hydrogens (tertiary/aromatic N) is 2. The highest BCUT2D eigenvalue weighted by atomic mass is 16.6. The maximum atomic E-state index is 13.4. The van der Waals surface area contributed by atoms with Crippen LogP contribution >= 0.6 is 0 Å². The van der Waals surface area contributed by atoms with Gasteiger partial charge in [-0.15, -0.1) is 0 Å². The van der Waals surface area contributed by atoms with Crippen molar-refractivity contribution in [1.29, 1.82) is 0 Å². The third-order valence-electron chi connectivity index (χ3n) is 7.08. The average Bonchev–Trinajstić information content (AvgIpc) is 3.24. The molecule has 1 unspecified atom stereocenters. The van der Waals surface area contributed by atoms with Crippen LogP contribution in [0.25, 0.3) is 22.3 Å². The van der Waals surface area contributed by atoms with Crippen molar-refractivity contribution in [3.8, 4) is 11.4 Å². The van der Waals surface area contributed by atoms with Gasteiger partial charge in [0.05, 0.1) is 36.1 Å². The van der Waals surface area contributed by atoms with E-state index in [0.717, 1.165) is 5.56 Å². The molecule has 37 heavy (non-hydrogen) atoms. The minimum Gasteiger partial charge on any atom is -0.467 e. The van der Waals surface area contributed by atoms with Gasteiger partial charge in [0, 0.05) is 35.5 Å². The summed E-state index contributed by atoms with van der Waals surface area (Å²) >= 11 is 0. The molecule has 3 aromatic rings. The lowest BCUT2D eigenvalue weighted by Crippen LogP contribution is -2.44. The molecule has 2 aliphatic rings. The summed E-state index contributed by atoms with van der Waals surface area (Å²) < 4.78 is 11.5. The number of methoxy groups -OCH3 is 1. The summed E-state index contributed by atoms with van der Waals surface area (Å²) in [6.45, 7) is 2.97. The van der Waals surface area contributed by atoms with Gasteiger partial charge in [0.1, 0.15) is 12.6 Å². The largest absolute Gasteiger partial charge is 0.467 e. The molecule has 0 fully saturated rings. The van der Waals surface area contributed by atoms with Crippen molar-refractivity contribution >= 4 is 34.4 Å². The molecular weight excluding hydrogens is 480 g/mol. The third kappa shape index (κ3) is 3.73. The summed E-state index contributed by atoms with van der Waals surface area (Å²) in [5, 5.41) is 14.3. The second-order valence-electron chi connectivity index (χ2n) is 9.29. The molecule has 2 atom stereocenters. The summed E-state index contributed by atoms with van der Waals surface area (Å²) in [7, 11) is 1.24. The van der Waals surface area contributed by atoms with Crippen molar-refractivity contribution in [3.05, 3.63) is 56.9 Å². The molecule has 11 heteroatoms. The number of benzene rings is 1. The van der Waals surface area contributed by atoms with E-state index in [1.165, 1.54) is 18.6 Å². The second kappa shape index (κ2) is 8.70. The smallest absolute Gasteiger partial charge is 0.343 e. The van der Waals surface area contributed by atoms with E-state index in [1.54, 1.807) is 25.1 Å². The fourth-order valence-electron chi connectivity index (χ4n) is 5.11. The second-order valence-corrected chi connectivity index (χ2v) is 9.29. The van der Waals surface area contributed by atoms with Gasteiger partial charge >= 0.3 is 11.9 Å². The van der Waals surface area contributed by atoms with Crippen LogP contribution in [0.2, 0.25) is 0 Å². The first kappa shape index (κ1) is 24.4. The topological polar surface area (TPSA) is 163 Å². The van der Waals surface area contributed by atoms with Gasteiger partial charge in [0.15, 0.2) is 5.60 Å². The van der Waals surface area contributed by atoms with E-state index in [1.807, 2.05) is 6.07 Å². The fraction of sp³-hybridized carbons (Fsp3) is 0.346. The first-order valence-electron chi connectivity index (χ1n) is 11.8. The molecule has 0 spiro atoms. The molecule has 0 saturated heterocycles. The van der Waals surface area contributed by atoms with Gasteiger partial charge in [-0.1, -0.05) is 13.0 Å². The van der Waals surface area contributed by atoms with Crippen molar-refractivity contribution < 1.29 is 29.0 Å². The molecule has 0 radical (unpaired) electrons. The molecule has 0 aliphatic carbocycles. The van der Waals surface area contributed by atoms with E-state index < -0.39 is 23.6 Å². The maximum absolute atomic E-state index is 13.4. The standard InChI is InChI=1S/C26H26N4O7/c1-4-26(35)17-9-20-22-14(10-30(20)23(32)16(17)11-37-25(26)34)7-15-18(27)6-5-13(21(15)29-22)8-19(24(33)36-3)28-12(2)31/h5-7,9,19,35H,4,8,10-11,27H2,1-3H3,(H,28,31)/t19?,26-/m0/s1. The number of aromatic nitrogens is 2. The SMILES string of the molecule is CC[C@@]1(O)C(=O)OCc2c1cc1n(c2=O)Cc2cc3c(N)ccc(CC(NC(C)=O)C(=O)OC)c3nc2-1. The summed E-state index contributed by atoms with van der Waals surface area (Å²) in [6.07, 6.45) is 0.145.